The van der Waals surface area contributed by atoms with Crippen LogP contribution in [0.5, 0.6) is 0 Å². The number of amides is 3. The predicted molar refractivity (Wildman–Crippen MR) is 124 cm³/mol. The molecule has 1 N–H and O–H groups in total. The van der Waals surface area contributed by atoms with Crippen LogP contribution in [0.25, 0.3) is 0 Å². The SMILES string of the molecule is CCc1cc(N(Cc2ccc(C(=O)NOI)cc2)C(=O)N2CCOCC2)ccc1C. The Balaban J connectivity index is 1.87. The highest BCUT2D eigenvalue weighted by molar-refractivity contribution is 14.1. The Labute approximate surface area is 191 Å². The molecule has 1 heterocycles. The summed E-state index contributed by atoms with van der Waals surface area (Å²) in [6.45, 7) is 6.87. The van der Waals surface area contributed by atoms with E-state index in [-0.39, 0.29) is 11.9 Å². The predicted octanol–water partition coefficient (Wildman–Crippen LogP) is 4.03. The van der Waals surface area contributed by atoms with Crippen LogP contribution in [0.1, 0.15) is 34.0 Å². The summed E-state index contributed by atoms with van der Waals surface area (Å²) >= 11 is 1.61. The molecule has 8 heteroatoms. The highest BCUT2D eigenvalue weighted by Crippen LogP contribution is 2.24. The molecule has 0 saturated carbocycles. The summed E-state index contributed by atoms with van der Waals surface area (Å²) in [4.78, 5) is 28.9. The lowest BCUT2D eigenvalue weighted by Gasteiger charge is -2.33. The summed E-state index contributed by atoms with van der Waals surface area (Å²) in [5, 5.41) is 0. The van der Waals surface area contributed by atoms with Gasteiger partial charge in [0.05, 0.1) is 19.8 Å². The molecular weight excluding hydrogens is 497 g/mol. The lowest BCUT2D eigenvalue weighted by Crippen LogP contribution is -2.48. The van der Waals surface area contributed by atoms with Crippen molar-refractivity contribution in [1.82, 2.24) is 10.4 Å². The Bertz CT molecular complexity index is 882. The van der Waals surface area contributed by atoms with Gasteiger partial charge in [0.25, 0.3) is 5.91 Å². The minimum atomic E-state index is -0.316. The van der Waals surface area contributed by atoms with Gasteiger partial charge in [-0.15, -0.1) is 0 Å². The second-order valence-corrected chi connectivity index (χ2v) is 7.58. The van der Waals surface area contributed by atoms with Crippen LogP contribution in [0.3, 0.4) is 0 Å². The molecule has 2 aromatic rings. The Morgan fingerprint density at radius 3 is 2.50 bits per heavy atom. The van der Waals surface area contributed by atoms with E-state index in [1.165, 1.54) is 11.1 Å². The van der Waals surface area contributed by atoms with Crippen LogP contribution in [0.4, 0.5) is 10.5 Å². The van der Waals surface area contributed by atoms with Crippen molar-refractivity contribution in [3.8, 4) is 0 Å². The van der Waals surface area contributed by atoms with Gasteiger partial charge < -0.3 is 9.64 Å². The number of hydrogen-bond acceptors (Lipinski definition) is 4. The summed E-state index contributed by atoms with van der Waals surface area (Å²) in [6.07, 6.45) is 0.905. The molecule has 2 aromatic carbocycles. The van der Waals surface area contributed by atoms with E-state index in [1.807, 2.05) is 23.1 Å². The van der Waals surface area contributed by atoms with Crippen molar-refractivity contribution in [3.63, 3.8) is 0 Å². The molecule has 0 spiro atoms. The maximum Gasteiger partial charge on any atom is 0.324 e. The van der Waals surface area contributed by atoms with Gasteiger partial charge >= 0.3 is 6.03 Å². The molecule has 1 saturated heterocycles. The number of carbonyl (C=O) groups excluding carboxylic acids is 2. The fourth-order valence-corrected chi connectivity index (χ4v) is 3.64. The molecule has 160 valence electrons. The van der Waals surface area contributed by atoms with E-state index in [0.717, 1.165) is 17.7 Å². The third-order valence-electron chi connectivity index (χ3n) is 5.23. The van der Waals surface area contributed by atoms with Gasteiger partial charge in [-0.3, -0.25) is 9.69 Å². The van der Waals surface area contributed by atoms with Crippen LogP contribution in [-0.2, 0) is 20.9 Å². The normalized spacial score (nSPS) is 13.8. The van der Waals surface area contributed by atoms with Crippen molar-refractivity contribution in [2.75, 3.05) is 31.2 Å². The van der Waals surface area contributed by atoms with Gasteiger partial charge in [0.1, 0.15) is 23.0 Å². The summed E-state index contributed by atoms with van der Waals surface area (Å²) < 4.78 is 10.0. The van der Waals surface area contributed by atoms with Gasteiger partial charge in [-0.1, -0.05) is 25.1 Å². The van der Waals surface area contributed by atoms with Crippen molar-refractivity contribution in [1.29, 1.82) is 0 Å². The number of anilines is 1. The second kappa shape index (κ2) is 10.7. The minimum absolute atomic E-state index is 0.0377. The van der Waals surface area contributed by atoms with E-state index in [9.17, 15) is 9.59 Å². The van der Waals surface area contributed by atoms with Gasteiger partial charge in [0.15, 0.2) is 0 Å². The van der Waals surface area contributed by atoms with E-state index >= 15 is 0 Å². The fourth-order valence-electron chi connectivity index (χ4n) is 3.44. The molecule has 7 nitrogen and oxygen atoms in total. The first-order valence-electron chi connectivity index (χ1n) is 9.94. The first-order valence-corrected chi connectivity index (χ1v) is 10.8. The Kier molecular flexibility index (Phi) is 8.06. The van der Waals surface area contributed by atoms with E-state index < -0.39 is 0 Å². The van der Waals surface area contributed by atoms with Crippen LogP contribution in [0, 0.1) is 6.92 Å². The third kappa shape index (κ3) is 5.50. The zero-order valence-electron chi connectivity index (χ0n) is 17.2. The molecule has 0 bridgehead atoms. The van der Waals surface area contributed by atoms with E-state index in [4.69, 9.17) is 4.74 Å². The average molecular weight is 523 g/mol. The zero-order chi connectivity index (χ0) is 21.5. The lowest BCUT2D eigenvalue weighted by atomic mass is 10.0. The lowest BCUT2D eigenvalue weighted by molar-refractivity contribution is 0.0548. The molecule has 3 rings (SSSR count). The molecule has 0 aliphatic carbocycles. The number of urea groups is 1. The van der Waals surface area contributed by atoms with Crippen molar-refractivity contribution >= 4 is 40.6 Å². The molecule has 0 aromatic heterocycles. The number of aryl methyl sites for hydroxylation is 2. The molecule has 3 amide bonds. The van der Waals surface area contributed by atoms with E-state index in [0.29, 0.717) is 38.4 Å². The first-order chi connectivity index (χ1) is 14.5. The quantitative estimate of drug-likeness (QED) is 0.459. The standard InChI is InChI=1S/C22H26IN3O4/c1-3-18-14-20(9-4-16(18)2)26(22(28)25-10-12-29-13-11-25)15-17-5-7-19(8-6-17)21(27)24-30-23/h4-9,14H,3,10-13,15H2,1-2H3,(H,24,27). The number of halogens is 1. The summed E-state index contributed by atoms with van der Waals surface area (Å²) in [7, 11) is 0. The average Bonchev–Trinajstić information content (AvgIpc) is 2.78. The summed E-state index contributed by atoms with van der Waals surface area (Å²) in [5.74, 6) is -0.316. The number of morpholine rings is 1. The number of nitrogens with one attached hydrogen (secondary N) is 1. The van der Waals surface area contributed by atoms with Crippen LogP contribution in [-0.4, -0.2) is 43.1 Å². The second-order valence-electron chi connectivity index (χ2n) is 7.14. The van der Waals surface area contributed by atoms with Gasteiger partial charge in [-0.25, -0.2) is 13.4 Å². The van der Waals surface area contributed by atoms with Crippen molar-refractivity contribution in [2.24, 2.45) is 0 Å². The Hall–Kier alpha value is -2.17. The maximum absolute atomic E-state index is 13.4. The van der Waals surface area contributed by atoms with Gasteiger partial charge in [-0.2, -0.15) is 0 Å². The van der Waals surface area contributed by atoms with Crippen molar-refractivity contribution in [2.45, 2.75) is 26.8 Å². The minimum Gasteiger partial charge on any atom is -0.378 e. The smallest absolute Gasteiger partial charge is 0.324 e. The van der Waals surface area contributed by atoms with Crippen molar-refractivity contribution < 1.29 is 17.5 Å². The molecule has 0 atom stereocenters. The number of benzene rings is 2. The van der Waals surface area contributed by atoms with Gasteiger partial charge in [0, 0.05) is 24.3 Å². The highest BCUT2D eigenvalue weighted by Gasteiger charge is 2.25. The topological polar surface area (TPSA) is 71.1 Å². The zero-order valence-corrected chi connectivity index (χ0v) is 19.3. The summed E-state index contributed by atoms with van der Waals surface area (Å²) in [5.41, 5.74) is 7.02. The largest absolute Gasteiger partial charge is 0.378 e. The molecule has 1 fully saturated rings. The van der Waals surface area contributed by atoms with Crippen LogP contribution in [0.2, 0.25) is 0 Å². The molecule has 0 radical (unpaired) electrons. The van der Waals surface area contributed by atoms with Gasteiger partial charge in [0.2, 0.25) is 0 Å². The molecule has 30 heavy (non-hydrogen) atoms. The Morgan fingerprint density at radius 1 is 1.17 bits per heavy atom. The van der Waals surface area contributed by atoms with E-state index in [1.54, 1.807) is 40.0 Å². The van der Waals surface area contributed by atoms with Crippen LogP contribution in [0.15, 0.2) is 42.5 Å². The number of nitrogens with zero attached hydrogens (tertiary/aromatic N) is 2. The van der Waals surface area contributed by atoms with E-state index in [2.05, 4.69) is 34.6 Å². The maximum atomic E-state index is 13.4. The highest BCUT2D eigenvalue weighted by atomic mass is 127. The summed E-state index contributed by atoms with van der Waals surface area (Å²) in [6, 6.07) is 13.3. The number of ether oxygens (including phenoxy) is 1. The van der Waals surface area contributed by atoms with Crippen LogP contribution < -0.4 is 10.4 Å². The monoisotopic (exact) mass is 523 g/mol. The molecule has 0 unspecified atom stereocenters. The third-order valence-corrected chi connectivity index (χ3v) is 5.45. The molecule has 1 aliphatic rings. The number of rotatable bonds is 6. The van der Waals surface area contributed by atoms with Gasteiger partial charge in [-0.05, 0) is 54.3 Å². The first kappa shape index (κ1) is 22.5. The van der Waals surface area contributed by atoms with Crippen LogP contribution >= 0.6 is 23.0 Å². The number of hydroxylamine groups is 1. The molecule has 1 aliphatic heterocycles. The number of hydrogen-bond donors (Lipinski definition) is 1. The number of carbonyl (C=O) groups is 2. The fraction of sp³-hybridized carbons (Fsp3) is 0.364. The Morgan fingerprint density at radius 2 is 1.87 bits per heavy atom. The van der Waals surface area contributed by atoms with Crippen molar-refractivity contribution in [3.05, 3.63) is 64.7 Å². The molecular formula is C22H26IN3O4.